The second-order valence-electron chi connectivity index (χ2n) is 11.4. The van der Waals surface area contributed by atoms with Gasteiger partial charge in [0.1, 0.15) is 11.7 Å². The van der Waals surface area contributed by atoms with Crippen LogP contribution in [0.3, 0.4) is 0 Å². The summed E-state index contributed by atoms with van der Waals surface area (Å²) < 4.78 is 0. The molecule has 4 fully saturated rings. The van der Waals surface area contributed by atoms with Crippen LogP contribution in [0.2, 0.25) is 0 Å². The second-order valence-corrected chi connectivity index (χ2v) is 11.4. The molecule has 2 amide bonds. The second kappa shape index (κ2) is 8.17. The van der Waals surface area contributed by atoms with Crippen molar-refractivity contribution in [2.24, 2.45) is 11.8 Å². The van der Waals surface area contributed by atoms with Crippen molar-refractivity contribution in [3.8, 4) is 11.1 Å². The van der Waals surface area contributed by atoms with Gasteiger partial charge in [-0.05, 0) is 61.3 Å². The maximum atomic E-state index is 13.4. The Morgan fingerprint density at radius 3 is 2.56 bits per heavy atom. The van der Waals surface area contributed by atoms with Crippen LogP contribution in [0.5, 0.6) is 0 Å². The molecule has 2 aromatic rings. The summed E-state index contributed by atoms with van der Waals surface area (Å²) in [5.41, 5.74) is 5.70. The zero-order chi connectivity index (χ0) is 24.4. The van der Waals surface area contributed by atoms with Crippen LogP contribution >= 0.6 is 0 Å². The Kier molecular flexibility index (Phi) is 5.00. The number of amides is 2. The summed E-state index contributed by atoms with van der Waals surface area (Å²) in [6.45, 7) is 4.50. The van der Waals surface area contributed by atoms with Crippen molar-refractivity contribution in [2.75, 3.05) is 19.6 Å². The largest absolute Gasteiger partial charge is 0.342 e. The summed E-state index contributed by atoms with van der Waals surface area (Å²) in [4.78, 5) is 29.8. The van der Waals surface area contributed by atoms with Crippen molar-refractivity contribution < 1.29 is 9.59 Å². The minimum absolute atomic E-state index is 0.0612. The monoisotopic (exact) mass is 483 g/mol. The van der Waals surface area contributed by atoms with Crippen molar-refractivity contribution in [1.29, 1.82) is 0 Å². The van der Waals surface area contributed by atoms with E-state index in [1.165, 1.54) is 16.7 Å². The quantitative estimate of drug-likeness (QED) is 0.658. The molecule has 7 nitrogen and oxygen atoms in total. The average molecular weight is 484 g/mol. The summed E-state index contributed by atoms with van der Waals surface area (Å²) in [6, 6.07) is 8.75. The van der Waals surface area contributed by atoms with Crippen LogP contribution in [-0.4, -0.2) is 63.2 Å². The van der Waals surface area contributed by atoms with E-state index < -0.39 is 0 Å². The molecule has 2 N–H and O–H groups in total. The summed E-state index contributed by atoms with van der Waals surface area (Å²) in [7, 11) is 0. The Hall–Kier alpha value is -3.19. The highest BCUT2D eigenvalue weighted by Gasteiger charge is 2.60. The van der Waals surface area contributed by atoms with Gasteiger partial charge in [0.25, 0.3) is 0 Å². The van der Waals surface area contributed by atoms with Gasteiger partial charge in [0.15, 0.2) is 0 Å². The summed E-state index contributed by atoms with van der Waals surface area (Å²) in [5.74, 6) is 1.57. The number of nitrogens with one attached hydrogen (secondary N) is 2. The van der Waals surface area contributed by atoms with E-state index in [4.69, 9.17) is 0 Å². The fraction of sp³-hybridized carbons (Fsp3) is 0.483. The number of allylic oxidation sites excluding steroid dienone is 2. The van der Waals surface area contributed by atoms with Gasteiger partial charge in [-0.3, -0.25) is 20.0 Å². The molecule has 1 aromatic carbocycles. The highest BCUT2D eigenvalue weighted by molar-refractivity contribution is 5.92. The molecule has 5 aliphatic rings. The molecule has 36 heavy (non-hydrogen) atoms. The van der Waals surface area contributed by atoms with Crippen LogP contribution in [0.15, 0.2) is 60.0 Å². The maximum Gasteiger partial charge on any atom is 0.244 e. The number of hydrogen-bond donors (Lipinski definition) is 2. The van der Waals surface area contributed by atoms with Gasteiger partial charge in [-0.25, -0.2) is 0 Å². The van der Waals surface area contributed by atoms with Gasteiger partial charge in [0.05, 0.1) is 6.20 Å². The number of rotatable bonds is 6. The van der Waals surface area contributed by atoms with Crippen molar-refractivity contribution >= 4 is 11.8 Å². The topological polar surface area (TPSA) is 81.3 Å². The molecule has 186 valence electrons. The molecule has 1 spiro atoms. The lowest BCUT2D eigenvalue weighted by Crippen LogP contribution is -2.56. The highest BCUT2D eigenvalue weighted by atomic mass is 16.2. The van der Waals surface area contributed by atoms with E-state index in [-0.39, 0.29) is 23.5 Å². The van der Waals surface area contributed by atoms with Gasteiger partial charge in [0.2, 0.25) is 11.8 Å². The first-order valence-corrected chi connectivity index (χ1v) is 13.4. The maximum absolute atomic E-state index is 13.4. The van der Waals surface area contributed by atoms with Crippen LogP contribution in [-0.2, 0) is 9.59 Å². The Balaban J connectivity index is 1.05. The number of hydrogen-bond acceptors (Lipinski definition) is 4. The molecule has 1 aromatic heterocycles. The first-order chi connectivity index (χ1) is 17.5. The number of likely N-dealkylation sites (tertiary alicyclic amines) is 1. The molecular weight excluding hydrogens is 450 g/mol. The van der Waals surface area contributed by atoms with E-state index in [0.717, 1.165) is 62.9 Å². The first-order valence-electron chi connectivity index (χ1n) is 13.4. The van der Waals surface area contributed by atoms with Crippen molar-refractivity contribution in [2.45, 2.75) is 56.7 Å². The fourth-order valence-electron chi connectivity index (χ4n) is 6.21. The molecule has 0 bridgehead atoms. The minimum Gasteiger partial charge on any atom is -0.342 e. The molecule has 2 saturated carbocycles. The Morgan fingerprint density at radius 2 is 1.92 bits per heavy atom. The van der Waals surface area contributed by atoms with E-state index >= 15 is 0 Å². The lowest BCUT2D eigenvalue weighted by molar-refractivity contribution is -0.140. The van der Waals surface area contributed by atoms with E-state index in [1.54, 1.807) is 0 Å². The Labute approximate surface area is 211 Å². The minimum atomic E-state index is -0.348. The fourth-order valence-corrected chi connectivity index (χ4v) is 6.21. The van der Waals surface area contributed by atoms with E-state index in [1.807, 2.05) is 17.3 Å². The highest BCUT2D eigenvalue weighted by Crippen LogP contribution is 2.46. The molecule has 2 unspecified atom stereocenters. The molecule has 3 heterocycles. The summed E-state index contributed by atoms with van der Waals surface area (Å²) in [6.07, 6.45) is 13.3. The van der Waals surface area contributed by atoms with Gasteiger partial charge >= 0.3 is 0 Å². The number of aromatic nitrogens is 2. The number of carbonyl (C=O) groups is 2. The molecule has 3 aliphatic carbocycles. The van der Waals surface area contributed by atoms with Gasteiger partial charge < -0.3 is 9.80 Å². The zero-order valence-corrected chi connectivity index (χ0v) is 20.7. The third kappa shape index (κ3) is 3.72. The van der Waals surface area contributed by atoms with Gasteiger partial charge in [-0.15, -0.1) is 0 Å². The Morgan fingerprint density at radius 1 is 1.14 bits per heavy atom. The van der Waals surface area contributed by atoms with Crippen molar-refractivity contribution in [3.63, 3.8) is 0 Å². The van der Waals surface area contributed by atoms with Crippen LogP contribution in [0.1, 0.15) is 50.5 Å². The molecular formula is C29H33N5O2. The third-order valence-electron chi connectivity index (χ3n) is 8.76. The van der Waals surface area contributed by atoms with Crippen molar-refractivity contribution in [1.82, 2.24) is 25.3 Å². The standard InChI is InChI=1S/C29H33N5O2/c1-18-12-23(20-2-4-21(5-3-20)24-13-30-31-14-24)8-9-25(18)26-32-29(10-11-29)28(36)34(26)17-19-15-33(16-19)27(35)22-6-7-22/h2-5,9,12-14,19,22-23,26,32H,6-8,10-11,15-17H2,1H3,(H,30,31). The lowest BCUT2D eigenvalue weighted by Gasteiger charge is -2.42. The van der Waals surface area contributed by atoms with Crippen LogP contribution < -0.4 is 5.32 Å². The van der Waals surface area contributed by atoms with Gasteiger partial charge in [-0.2, -0.15) is 5.10 Å². The average Bonchev–Trinajstić information content (AvgIpc) is 3.78. The van der Waals surface area contributed by atoms with Gasteiger partial charge in [-0.1, -0.05) is 36.4 Å². The van der Waals surface area contributed by atoms with Crippen LogP contribution in [0.25, 0.3) is 11.1 Å². The van der Waals surface area contributed by atoms with Crippen LogP contribution in [0.4, 0.5) is 0 Å². The smallest absolute Gasteiger partial charge is 0.244 e. The number of benzene rings is 1. The third-order valence-corrected chi connectivity index (χ3v) is 8.76. The van der Waals surface area contributed by atoms with Gasteiger partial charge in [0, 0.05) is 49.1 Å². The molecule has 7 heteroatoms. The normalized spacial score (nSPS) is 27.2. The lowest BCUT2D eigenvalue weighted by atomic mass is 9.85. The van der Waals surface area contributed by atoms with Crippen LogP contribution in [0, 0.1) is 11.8 Å². The zero-order valence-electron chi connectivity index (χ0n) is 20.7. The number of nitrogens with zero attached hydrogens (tertiary/aromatic N) is 3. The molecule has 0 radical (unpaired) electrons. The van der Waals surface area contributed by atoms with Crippen molar-refractivity contribution in [3.05, 3.63) is 65.5 Å². The summed E-state index contributed by atoms with van der Waals surface area (Å²) >= 11 is 0. The number of aromatic amines is 1. The summed E-state index contributed by atoms with van der Waals surface area (Å²) in [5, 5.41) is 10.6. The first kappa shape index (κ1) is 22.0. The predicted octanol–water partition coefficient (Wildman–Crippen LogP) is 3.60. The molecule has 2 atom stereocenters. The Bertz CT molecular complexity index is 1250. The predicted molar refractivity (Wildman–Crippen MR) is 137 cm³/mol. The van der Waals surface area contributed by atoms with E-state index in [9.17, 15) is 9.59 Å². The van der Waals surface area contributed by atoms with E-state index in [2.05, 4.69) is 63.8 Å². The number of carbonyl (C=O) groups excluding carboxylic acids is 2. The molecule has 2 aliphatic heterocycles. The molecule has 7 rings (SSSR count). The van der Waals surface area contributed by atoms with E-state index in [0.29, 0.717) is 17.7 Å². The number of H-pyrrole nitrogens is 1. The molecule has 2 saturated heterocycles. The SMILES string of the molecule is CC1=CC(c2ccc(-c3cn[nH]c3)cc2)CC=C1C1NC2(CC2)C(=O)N1CC1CN(C(=O)C2CC2)C1.